The molecule has 0 aliphatic carbocycles. The molecule has 0 aliphatic rings. The van der Waals surface area contributed by atoms with Gasteiger partial charge in [0.15, 0.2) is 5.78 Å². The second-order valence-corrected chi connectivity index (χ2v) is 4.62. The monoisotopic (exact) mass is 270 g/mol. The first-order valence-corrected chi connectivity index (χ1v) is 6.45. The van der Waals surface area contributed by atoms with E-state index in [1.807, 2.05) is 42.3 Å². The Bertz CT molecular complexity index is 570. The Kier molecular flexibility index (Phi) is 4.85. The predicted octanol–water partition coefficient (Wildman–Crippen LogP) is 2.40. The molecule has 0 amide bonds. The molecule has 0 bridgehead atoms. The number of aromatic nitrogens is 1. The molecule has 2 rings (SSSR count). The van der Waals surface area contributed by atoms with Gasteiger partial charge in [0.1, 0.15) is 5.75 Å². The Morgan fingerprint density at radius 3 is 2.65 bits per heavy atom. The van der Waals surface area contributed by atoms with Crippen molar-refractivity contribution < 1.29 is 9.53 Å². The van der Waals surface area contributed by atoms with Gasteiger partial charge in [0.05, 0.1) is 24.9 Å². The molecule has 2 aromatic rings. The molecule has 0 N–H and O–H groups in total. The Balaban J connectivity index is 2.00. The zero-order valence-corrected chi connectivity index (χ0v) is 11.7. The minimum Gasteiger partial charge on any atom is -0.496 e. The molecule has 0 spiro atoms. The molecule has 0 atom stereocenters. The predicted molar refractivity (Wildman–Crippen MR) is 77.9 cm³/mol. The molecular formula is C16H18N2O2. The van der Waals surface area contributed by atoms with E-state index in [0.29, 0.717) is 24.4 Å². The SMILES string of the molecule is COc1ccccc1C(=O)CN(C)Cc1ccccn1. The van der Waals surface area contributed by atoms with Crippen LogP contribution in [-0.4, -0.2) is 36.4 Å². The van der Waals surface area contributed by atoms with Crippen molar-refractivity contribution in [2.75, 3.05) is 20.7 Å². The highest BCUT2D eigenvalue weighted by Crippen LogP contribution is 2.18. The van der Waals surface area contributed by atoms with Gasteiger partial charge in [0.2, 0.25) is 0 Å². The first kappa shape index (κ1) is 14.2. The molecule has 4 heteroatoms. The number of ether oxygens (including phenoxy) is 1. The van der Waals surface area contributed by atoms with E-state index >= 15 is 0 Å². The highest BCUT2D eigenvalue weighted by molar-refractivity contribution is 6.00. The number of ketones is 1. The van der Waals surface area contributed by atoms with Gasteiger partial charge >= 0.3 is 0 Å². The number of Topliss-reactive ketones (excluding diaryl/α,β-unsaturated/α-hetero) is 1. The van der Waals surface area contributed by atoms with Crippen LogP contribution in [0, 0.1) is 0 Å². The fraction of sp³-hybridized carbons (Fsp3) is 0.250. The van der Waals surface area contributed by atoms with Crippen LogP contribution in [0.25, 0.3) is 0 Å². The summed E-state index contributed by atoms with van der Waals surface area (Å²) in [5.74, 6) is 0.657. The van der Waals surface area contributed by atoms with E-state index in [1.165, 1.54) is 0 Å². The van der Waals surface area contributed by atoms with Gasteiger partial charge < -0.3 is 4.74 Å². The van der Waals surface area contributed by atoms with Gasteiger partial charge in [-0.2, -0.15) is 0 Å². The van der Waals surface area contributed by atoms with Crippen LogP contribution in [-0.2, 0) is 6.54 Å². The van der Waals surface area contributed by atoms with E-state index in [9.17, 15) is 4.79 Å². The summed E-state index contributed by atoms with van der Waals surface area (Å²) in [6, 6.07) is 13.1. The molecule has 0 aliphatic heterocycles. The summed E-state index contributed by atoms with van der Waals surface area (Å²) in [5, 5.41) is 0. The van der Waals surface area contributed by atoms with E-state index in [4.69, 9.17) is 4.74 Å². The molecule has 1 aromatic carbocycles. The number of carbonyl (C=O) groups is 1. The molecule has 0 saturated carbocycles. The van der Waals surface area contributed by atoms with Crippen molar-refractivity contribution in [2.24, 2.45) is 0 Å². The Morgan fingerprint density at radius 2 is 1.95 bits per heavy atom. The lowest BCUT2D eigenvalue weighted by Crippen LogP contribution is -2.26. The first-order valence-electron chi connectivity index (χ1n) is 6.45. The summed E-state index contributed by atoms with van der Waals surface area (Å²) in [5.41, 5.74) is 1.56. The van der Waals surface area contributed by atoms with Crippen molar-refractivity contribution in [1.29, 1.82) is 0 Å². The summed E-state index contributed by atoms with van der Waals surface area (Å²) >= 11 is 0. The summed E-state index contributed by atoms with van der Waals surface area (Å²) in [4.78, 5) is 18.5. The van der Waals surface area contributed by atoms with Crippen molar-refractivity contribution in [2.45, 2.75) is 6.54 Å². The van der Waals surface area contributed by atoms with Gasteiger partial charge in [-0.25, -0.2) is 0 Å². The number of likely N-dealkylation sites (N-methyl/N-ethyl adjacent to an activating group) is 1. The first-order chi connectivity index (χ1) is 9.70. The summed E-state index contributed by atoms with van der Waals surface area (Å²) < 4.78 is 5.21. The fourth-order valence-corrected chi connectivity index (χ4v) is 2.03. The molecule has 20 heavy (non-hydrogen) atoms. The molecule has 4 nitrogen and oxygen atoms in total. The Labute approximate surface area is 119 Å². The number of hydrogen-bond acceptors (Lipinski definition) is 4. The van der Waals surface area contributed by atoms with Crippen molar-refractivity contribution >= 4 is 5.78 Å². The standard InChI is InChI=1S/C16H18N2O2/c1-18(11-13-7-5-6-10-17-13)12-15(19)14-8-3-4-9-16(14)20-2/h3-10H,11-12H2,1-2H3. The third kappa shape index (κ3) is 3.65. The van der Waals surface area contributed by atoms with Crippen LogP contribution in [0.4, 0.5) is 0 Å². The normalized spacial score (nSPS) is 10.6. The maximum absolute atomic E-state index is 12.3. The zero-order valence-electron chi connectivity index (χ0n) is 11.7. The maximum Gasteiger partial charge on any atom is 0.180 e. The van der Waals surface area contributed by atoms with E-state index < -0.39 is 0 Å². The average Bonchev–Trinajstić information content (AvgIpc) is 2.48. The number of rotatable bonds is 6. The lowest BCUT2D eigenvalue weighted by atomic mass is 10.1. The van der Waals surface area contributed by atoms with Crippen LogP contribution in [0.1, 0.15) is 16.1 Å². The lowest BCUT2D eigenvalue weighted by molar-refractivity contribution is 0.0939. The number of carbonyl (C=O) groups excluding carboxylic acids is 1. The topological polar surface area (TPSA) is 42.4 Å². The summed E-state index contributed by atoms with van der Waals surface area (Å²) in [6.45, 7) is 0.971. The molecule has 0 fully saturated rings. The number of para-hydroxylation sites is 1. The molecule has 1 heterocycles. The van der Waals surface area contributed by atoms with Crippen molar-refractivity contribution in [3.63, 3.8) is 0 Å². The minimum atomic E-state index is 0.0425. The number of nitrogens with zero attached hydrogens (tertiary/aromatic N) is 2. The van der Waals surface area contributed by atoms with E-state index in [-0.39, 0.29) is 5.78 Å². The van der Waals surface area contributed by atoms with Crippen LogP contribution >= 0.6 is 0 Å². The molecule has 0 radical (unpaired) electrons. The quantitative estimate of drug-likeness (QED) is 0.756. The fourth-order valence-electron chi connectivity index (χ4n) is 2.03. The number of benzene rings is 1. The van der Waals surface area contributed by atoms with Gasteiger partial charge in [-0.3, -0.25) is 14.7 Å². The second kappa shape index (κ2) is 6.82. The van der Waals surface area contributed by atoms with E-state index in [0.717, 1.165) is 5.69 Å². The van der Waals surface area contributed by atoms with Gasteiger partial charge in [-0.05, 0) is 31.3 Å². The highest BCUT2D eigenvalue weighted by Gasteiger charge is 2.14. The Hall–Kier alpha value is -2.20. The number of hydrogen-bond donors (Lipinski definition) is 0. The number of pyridine rings is 1. The molecule has 1 aromatic heterocycles. The van der Waals surface area contributed by atoms with Crippen molar-refractivity contribution in [3.05, 3.63) is 59.9 Å². The minimum absolute atomic E-state index is 0.0425. The lowest BCUT2D eigenvalue weighted by Gasteiger charge is -2.16. The van der Waals surface area contributed by atoms with Crippen molar-refractivity contribution in [1.82, 2.24) is 9.88 Å². The summed E-state index contributed by atoms with van der Waals surface area (Å²) in [7, 11) is 3.48. The molecular weight excluding hydrogens is 252 g/mol. The smallest absolute Gasteiger partial charge is 0.180 e. The third-order valence-electron chi connectivity index (χ3n) is 2.98. The van der Waals surface area contributed by atoms with Crippen LogP contribution in [0.5, 0.6) is 5.75 Å². The van der Waals surface area contributed by atoms with Crippen molar-refractivity contribution in [3.8, 4) is 5.75 Å². The Morgan fingerprint density at radius 1 is 1.20 bits per heavy atom. The summed E-state index contributed by atoms with van der Waals surface area (Å²) in [6.07, 6.45) is 1.76. The van der Waals surface area contributed by atoms with E-state index in [1.54, 1.807) is 25.4 Å². The van der Waals surface area contributed by atoms with Crippen LogP contribution in [0.3, 0.4) is 0 Å². The van der Waals surface area contributed by atoms with Crippen LogP contribution in [0.2, 0.25) is 0 Å². The largest absolute Gasteiger partial charge is 0.496 e. The number of methoxy groups -OCH3 is 1. The average molecular weight is 270 g/mol. The molecule has 0 unspecified atom stereocenters. The highest BCUT2D eigenvalue weighted by atomic mass is 16.5. The van der Waals surface area contributed by atoms with Gasteiger partial charge in [0.25, 0.3) is 0 Å². The van der Waals surface area contributed by atoms with Gasteiger partial charge in [-0.1, -0.05) is 18.2 Å². The van der Waals surface area contributed by atoms with E-state index in [2.05, 4.69) is 4.98 Å². The second-order valence-electron chi connectivity index (χ2n) is 4.62. The van der Waals surface area contributed by atoms with Crippen LogP contribution < -0.4 is 4.74 Å². The van der Waals surface area contributed by atoms with Crippen LogP contribution in [0.15, 0.2) is 48.7 Å². The third-order valence-corrected chi connectivity index (χ3v) is 2.98. The zero-order chi connectivity index (χ0) is 14.4. The van der Waals surface area contributed by atoms with Gasteiger partial charge in [-0.15, -0.1) is 0 Å². The molecule has 104 valence electrons. The molecule has 0 saturated heterocycles. The van der Waals surface area contributed by atoms with Gasteiger partial charge in [0, 0.05) is 12.7 Å². The maximum atomic E-state index is 12.3.